The van der Waals surface area contributed by atoms with E-state index in [0.717, 1.165) is 11.1 Å². The number of carbonyl (C=O) groups excluding carboxylic acids is 1. The van der Waals surface area contributed by atoms with Crippen molar-refractivity contribution in [2.75, 3.05) is 18.0 Å². The maximum atomic E-state index is 12.5. The van der Waals surface area contributed by atoms with Gasteiger partial charge in [-0.1, -0.05) is 60.7 Å². The van der Waals surface area contributed by atoms with Gasteiger partial charge >= 0.3 is 6.01 Å². The fraction of sp³-hybridized carbons (Fsp3) is 0.190. The molecule has 6 nitrogen and oxygen atoms in total. The van der Waals surface area contributed by atoms with Crippen molar-refractivity contribution in [3.05, 3.63) is 84.1 Å². The summed E-state index contributed by atoms with van der Waals surface area (Å²) in [4.78, 5) is 23.3. The van der Waals surface area contributed by atoms with Gasteiger partial charge in [0.25, 0.3) is 0 Å². The van der Waals surface area contributed by atoms with Gasteiger partial charge in [-0.3, -0.25) is 4.79 Å². The molecule has 6 heteroatoms. The second kappa shape index (κ2) is 7.86. The smallest absolute Gasteiger partial charge is 0.318 e. The van der Waals surface area contributed by atoms with Crippen LogP contribution in [0.15, 0.2) is 72.9 Å². The van der Waals surface area contributed by atoms with E-state index < -0.39 is 6.04 Å². The highest BCUT2D eigenvalue weighted by Crippen LogP contribution is 2.28. The number of nitrogens with one attached hydrogen (secondary N) is 1. The first-order valence-electron chi connectivity index (χ1n) is 8.90. The average Bonchev–Trinajstić information content (AvgIpc) is 2.74. The van der Waals surface area contributed by atoms with E-state index in [0.29, 0.717) is 31.5 Å². The van der Waals surface area contributed by atoms with Gasteiger partial charge in [-0.15, -0.1) is 0 Å². The topological polar surface area (TPSA) is 67.4 Å². The number of nitrogens with zero attached hydrogens (tertiary/aromatic N) is 3. The summed E-state index contributed by atoms with van der Waals surface area (Å²) >= 11 is 0. The van der Waals surface area contributed by atoms with E-state index in [1.807, 2.05) is 71.6 Å². The van der Waals surface area contributed by atoms with E-state index >= 15 is 0 Å². The first-order valence-corrected chi connectivity index (χ1v) is 8.90. The molecule has 1 N–H and O–H groups in total. The molecule has 1 atom stereocenters. The van der Waals surface area contributed by atoms with Crippen LogP contribution in [0.3, 0.4) is 0 Å². The van der Waals surface area contributed by atoms with Crippen LogP contribution < -0.4 is 15.0 Å². The zero-order valence-corrected chi connectivity index (χ0v) is 14.8. The lowest BCUT2D eigenvalue weighted by Gasteiger charge is -2.36. The molecule has 2 heterocycles. The zero-order chi connectivity index (χ0) is 18.5. The van der Waals surface area contributed by atoms with Crippen molar-refractivity contribution in [3.8, 4) is 6.01 Å². The number of aromatic nitrogens is 2. The summed E-state index contributed by atoms with van der Waals surface area (Å²) in [6.45, 7) is 1.64. The molecule has 2 aromatic carbocycles. The van der Waals surface area contributed by atoms with Gasteiger partial charge in [-0.2, -0.15) is 4.98 Å². The Hall–Kier alpha value is -3.41. The van der Waals surface area contributed by atoms with Gasteiger partial charge in [-0.05, 0) is 17.2 Å². The van der Waals surface area contributed by atoms with Crippen LogP contribution in [0.1, 0.15) is 17.2 Å². The van der Waals surface area contributed by atoms with Crippen molar-refractivity contribution >= 4 is 11.7 Å². The molecular formula is C21H20N4O2. The molecular weight excluding hydrogens is 340 g/mol. The Kier molecular flexibility index (Phi) is 4.96. The van der Waals surface area contributed by atoms with Crippen molar-refractivity contribution < 1.29 is 9.53 Å². The van der Waals surface area contributed by atoms with E-state index in [2.05, 4.69) is 15.3 Å². The van der Waals surface area contributed by atoms with Gasteiger partial charge in [0, 0.05) is 19.3 Å². The number of carbonyl (C=O) groups is 1. The van der Waals surface area contributed by atoms with Crippen molar-refractivity contribution in [1.29, 1.82) is 0 Å². The van der Waals surface area contributed by atoms with E-state index in [4.69, 9.17) is 4.74 Å². The third kappa shape index (κ3) is 3.89. The first kappa shape index (κ1) is 17.0. The fourth-order valence-corrected chi connectivity index (χ4v) is 3.16. The molecule has 4 rings (SSSR count). The molecule has 0 radical (unpaired) electrons. The molecule has 136 valence electrons. The largest absolute Gasteiger partial charge is 0.459 e. The lowest BCUT2D eigenvalue weighted by atomic mass is 10.0. The minimum Gasteiger partial charge on any atom is -0.459 e. The van der Waals surface area contributed by atoms with Crippen LogP contribution in [0.5, 0.6) is 6.01 Å². The van der Waals surface area contributed by atoms with Gasteiger partial charge in [-0.25, -0.2) is 4.98 Å². The molecule has 1 aliphatic heterocycles. The van der Waals surface area contributed by atoms with Crippen LogP contribution in [-0.4, -0.2) is 29.0 Å². The Bertz CT molecular complexity index is 902. The summed E-state index contributed by atoms with van der Waals surface area (Å²) in [7, 11) is 0. The van der Waals surface area contributed by atoms with Crippen molar-refractivity contribution in [2.45, 2.75) is 12.6 Å². The number of amides is 1. The number of anilines is 1. The molecule has 0 spiro atoms. The van der Waals surface area contributed by atoms with Crippen LogP contribution in [0.25, 0.3) is 0 Å². The average molecular weight is 360 g/mol. The number of hydrogen-bond acceptors (Lipinski definition) is 5. The Morgan fingerprint density at radius 1 is 1.04 bits per heavy atom. The van der Waals surface area contributed by atoms with Crippen LogP contribution in [-0.2, 0) is 11.4 Å². The van der Waals surface area contributed by atoms with Crippen molar-refractivity contribution in [2.24, 2.45) is 0 Å². The second-order valence-electron chi connectivity index (χ2n) is 6.27. The summed E-state index contributed by atoms with van der Waals surface area (Å²) in [6.07, 6.45) is 1.66. The molecule has 1 amide bonds. The van der Waals surface area contributed by atoms with Gasteiger partial charge in [0.05, 0.1) is 0 Å². The van der Waals surface area contributed by atoms with Gasteiger partial charge in [0.15, 0.2) is 0 Å². The molecule has 1 saturated heterocycles. The summed E-state index contributed by atoms with van der Waals surface area (Å²) in [5.74, 6) is 0.648. The summed E-state index contributed by atoms with van der Waals surface area (Å²) in [5, 5.41) is 2.94. The quantitative estimate of drug-likeness (QED) is 0.758. The molecule has 1 unspecified atom stereocenters. The van der Waals surface area contributed by atoms with Crippen molar-refractivity contribution in [3.63, 3.8) is 0 Å². The molecule has 1 fully saturated rings. The van der Waals surface area contributed by atoms with E-state index in [1.54, 1.807) is 6.20 Å². The van der Waals surface area contributed by atoms with Crippen LogP contribution in [0.2, 0.25) is 0 Å². The first-order chi connectivity index (χ1) is 13.3. The monoisotopic (exact) mass is 360 g/mol. The molecule has 0 bridgehead atoms. The number of benzene rings is 2. The maximum Gasteiger partial charge on any atom is 0.318 e. The molecule has 1 aliphatic rings. The molecule has 0 aliphatic carbocycles. The van der Waals surface area contributed by atoms with E-state index in [9.17, 15) is 4.79 Å². The highest BCUT2D eigenvalue weighted by atomic mass is 16.5. The number of rotatable bonds is 5. The predicted molar refractivity (Wildman–Crippen MR) is 102 cm³/mol. The molecule has 1 aromatic heterocycles. The van der Waals surface area contributed by atoms with E-state index in [-0.39, 0.29) is 5.91 Å². The highest BCUT2D eigenvalue weighted by molar-refractivity contribution is 5.87. The second-order valence-corrected chi connectivity index (χ2v) is 6.27. The summed E-state index contributed by atoms with van der Waals surface area (Å²) < 4.78 is 5.74. The molecule has 3 aromatic rings. The van der Waals surface area contributed by atoms with Crippen molar-refractivity contribution in [1.82, 2.24) is 15.3 Å². The number of piperazine rings is 1. The third-order valence-electron chi connectivity index (χ3n) is 4.45. The highest BCUT2D eigenvalue weighted by Gasteiger charge is 2.32. The maximum absolute atomic E-state index is 12.5. The van der Waals surface area contributed by atoms with Crippen LogP contribution in [0, 0.1) is 0 Å². The van der Waals surface area contributed by atoms with Gasteiger partial charge in [0.1, 0.15) is 18.5 Å². The SMILES string of the molecule is O=C1NCCN(c2ccnc(OCc3ccccc3)n2)C1c1ccccc1. The normalized spacial score (nSPS) is 16.7. The fourth-order valence-electron chi connectivity index (χ4n) is 3.16. The predicted octanol–water partition coefficient (Wildman–Crippen LogP) is 2.73. The Labute approximate surface area is 157 Å². The lowest BCUT2D eigenvalue weighted by Crippen LogP contribution is -2.50. The van der Waals surface area contributed by atoms with Crippen LogP contribution in [0.4, 0.5) is 5.82 Å². The lowest BCUT2D eigenvalue weighted by molar-refractivity contribution is -0.123. The van der Waals surface area contributed by atoms with Crippen LogP contribution >= 0.6 is 0 Å². The Morgan fingerprint density at radius 3 is 2.56 bits per heavy atom. The molecule has 27 heavy (non-hydrogen) atoms. The summed E-state index contributed by atoms with van der Waals surface area (Å²) in [5.41, 5.74) is 1.98. The zero-order valence-electron chi connectivity index (χ0n) is 14.8. The summed E-state index contributed by atoms with van der Waals surface area (Å²) in [6, 6.07) is 21.3. The molecule has 0 saturated carbocycles. The van der Waals surface area contributed by atoms with Gasteiger partial charge < -0.3 is 15.0 Å². The minimum atomic E-state index is -0.420. The minimum absolute atomic E-state index is 0.0298. The number of hydrogen-bond donors (Lipinski definition) is 1. The standard InChI is InChI=1S/C21H20N4O2/c26-20-19(17-9-5-2-6-10-17)25(14-13-22-20)18-11-12-23-21(24-18)27-15-16-7-3-1-4-8-16/h1-12,19H,13-15H2,(H,22,26). The number of ether oxygens (including phenoxy) is 1. The van der Waals surface area contributed by atoms with E-state index in [1.165, 1.54) is 0 Å². The Balaban J connectivity index is 1.57. The Morgan fingerprint density at radius 2 is 1.78 bits per heavy atom. The third-order valence-corrected chi connectivity index (χ3v) is 4.45. The van der Waals surface area contributed by atoms with Gasteiger partial charge in [0.2, 0.25) is 5.91 Å².